The normalized spacial score (nSPS) is 13.9. The van der Waals surface area contributed by atoms with Crippen LogP contribution in [0.2, 0.25) is 0 Å². The van der Waals surface area contributed by atoms with Crippen LogP contribution < -0.4 is 15.5 Å². The molecule has 3 aromatic rings. The second-order valence-electron chi connectivity index (χ2n) is 9.99. The number of alkyl halides is 3. The van der Waals surface area contributed by atoms with Gasteiger partial charge in [0.1, 0.15) is 0 Å². The first kappa shape index (κ1) is 31.8. The molecule has 3 amide bonds. The topological polar surface area (TPSA) is 119 Å². The van der Waals surface area contributed by atoms with Gasteiger partial charge in [-0.15, -0.1) is 0 Å². The summed E-state index contributed by atoms with van der Waals surface area (Å²) in [6.45, 7) is -0.445. The van der Waals surface area contributed by atoms with Crippen molar-refractivity contribution in [1.29, 1.82) is 0 Å². The number of carbonyl (C=O) groups excluding carboxylic acids is 2. The van der Waals surface area contributed by atoms with E-state index in [0.29, 0.717) is 11.3 Å². The van der Waals surface area contributed by atoms with Gasteiger partial charge in [-0.2, -0.15) is 13.2 Å². The van der Waals surface area contributed by atoms with E-state index in [4.69, 9.17) is 5.11 Å². The summed E-state index contributed by atoms with van der Waals surface area (Å²) >= 11 is 2.91. The summed E-state index contributed by atoms with van der Waals surface area (Å²) in [5.74, 6) is -2.06. The van der Waals surface area contributed by atoms with Crippen LogP contribution in [-0.2, 0) is 17.5 Å². The van der Waals surface area contributed by atoms with E-state index < -0.39 is 42.3 Å². The number of amides is 3. The lowest BCUT2D eigenvalue weighted by molar-refractivity contribution is -0.146. The van der Waals surface area contributed by atoms with Crippen molar-refractivity contribution in [1.82, 2.24) is 5.32 Å². The van der Waals surface area contributed by atoms with Gasteiger partial charge < -0.3 is 20.8 Å². The number of nitrogens with zero attached hydrogens (tertiary/aromatic N) is 1. The van der Waals surface area contributed by atoms with Gasteiger partial charge in [0.05, 0.1) is 18.7 Å². The molecule has 0 bridgehead atoms. The van der Waals surface area contributed by atoms with E-state index in [0.717, 1.165) is 37.3 Å². The van der Waals surface area contributed by atoms with Crippen molar-refractivity contribution in [3.8, 4) is 0 Å². The standard InChI is InChI=1S/C31H29BrF3N3O5/c32-26-15-12-23(16-25(26)31(33,34)35)37-30(43)38(24-13-10-21(11-14-24)20-4-2-1-3-5-20)18-19-6-8-22(9-7-19)28(40)36-17-27(39)29(41)42/h4,6-16,27,39H,1-3,5,17-18H2,(H,36,40)(H,37,43)(H,41,42). The molecule has 3 aromatic carbocycles. The molecule has 0 aliphatic heterocycles. The van der Waals surface area contributed by atoms with Crippen LogP contribution >= 0.6 is 15.9 Å². The fourth-order valence-corrected chi connectivity index (χ4v) is 5.04. The first-order chi connectivity index (χ1) is 20.4. The number of aliphatic hydroxyl groups excluding tert-OH is 1. The van der Waals surface area contributed by atoms with Crippen molar-refractivity contribution in [3.05, 3.63) is 99.5 Å². The molecule has 12 heteroatoms. The molecule has 0 spiro atoms. The van der Waals surface area contributed by atoms with Gasteiger partial charge in [0.15, 0.2) is 6.10 Å². The Kier molecular flexibility index (Phi) is 10.3. The number of carboxylic acid groups (broad SMARTS) is 1. The van der Waals surface area contributed by atoms with Crippen molar-refractivity contribution in [2.24, 2.45) is 0 Å². The SMILES string of the molecule is O=C(NCC(O)C(=O)O)c1ccc(CN(C(=O)Nc2ccc(Br)c(C(F)(F)F)c2)c2ccc(C3=CCCCC3)cc2)cc1. The Labute approximate surface area is 254 Å². The third-order valence-electron chi connectivity index (χ3n) is 6.91. The van der Waals surface area contributed by atoms with E-state index in [-0.39, 0.29) is 22.3 Å². The summed E-state index contributed by atoms with van der Waals surface area (Å²) in [7, 11) is 0. The number of aliphatic hydroxyl groups is 1. The number of benzene rings is 3. The van der Waals surface area contributed by atoms with E-state index in [1.807, 2.05) is 12.1 Å². The maximum absolute atomic E-state index is 13.5. The average molecular weight is 660 g/mol. The van der Waals surface area contributed by atoms with Crippen molar-refractivity contribution < 1.29 is 37.8 Å². The number of hydrogen-bond donors (Lipinski definition) is 4. The molecule has 0 saturated heterocycles. The number of rotatable bonds is 9. The molecule has 226 valence electrons. The maximum atomic E-state index is 13.5. The summed E-state index contributed by atoms with van der Waals surface area (Å²) in [6, 6.07) is 16.3. The Balaban J connectivity index is 1.57. The van der Waals surface area contributed by atoms with Gasteiger partial charge in [0, 0.05) is 21.4 Å². The van der Waals surface area contributed by atoms with Gasteiger partial charge in [-0.25, -0.2) is 9.59 Å². The highest BCUT2D eigenvalue weighted by Gasteiger charge is 2.33. The van der Waals surface area contributed by atoms with Gasteiger partial charge in [-0.1, -0.05) is 46.3 Å². The van der Waals surface area contributed by atoms with Crippen molar-refractivity contribution in [2.45, 2.75) is 44.5 Å². The van der Waals surface area contributed by atoms with E-state index in [1.165, 1.54) is 34.7 Å². The molecule has 1 unspecified atom stereocenters. The summed E-state index contributed by atoms with van der Waals surface area (Å²) < 4.78 is 40.2. The Morgan fingerprint density at radius 2 is 1.67 bits per heavy atom. The van der Waals surface area contributed by atoms with Gasteiger partial charge in [0.25, 0.3) is 5.91 Å². The van der Waals surface area contributed by atoms with Crippen molar-refractivity contribution in [3.63, 3.8) is 0 Å². The molecular formula is C31H29BrF3N3O5. The second-order valence-corrected chi connectivity index (χ2v) is 10.8. The number of nitrogens with one attached hydrogen (secondary N) is 2. The van der Waals surface area contributed by atoms with Gasteiger partial charge in [-0.3, -0.25) is 9.69 Å². The minimum Gasteiger partial charge on any atom is -0.479 e. The summed E-state index contributed by atoms with van der Waals surface area (Å²) in [5, 5.41) is 23.0. The van der Waals surface area contributed by atoms with E-state index >= 15 is 0 Å². The molecule has 0 radical (unpaired) electrons. The lowest BCUT2D eigenvalue weighted by Gasteiger charge is -2.24. The molecule has 1 aliphatic rings. The zero-order valence-corrected chi connectivity index (χ0v) is 24.4. The Bertz CT molecular complexity index is 1510. The summed E-state index contributed by atoms with van der Waals surface area (Å²) in [6.07, 6.45) is 0.0540. The maximum Gasteiger partial charge on any atom is 0.417 e. The Morgan fingerprint density at radius 3 is 2.28 bits per heavy atom. The lowest BCUT2D eigenvalue weighted by Crippen LogP contribution is -2.36. The highest BCUT2D eigenvalue weighted by Crippen LogP contribution is 2.36. The number of urea groups is 1. The Hall–Kier alpha value is -4.16. The molecule has 0 aromatic heterocycles. The number of aliphatic carboxylic acids is 1. The fourth-order valence-electron chi connectivity index (χ4n) is 4.57. The van der Waals surface area contributed by atoms with E-state index in [2.05, 4.69) is 32.6 Å². The van der Waals surface area contributed by atoms with Gasteiger partial charge in [0.2, 0.25) is 0 Å². The monoisotopic (exact) mass is 659 g/mol. The van der Waals surface area contributed by atoms with Gasteiger partial charge in [-0.05, 0) is 84.8 Å². The van der Waals surface area contributed by atoms with Crippen LogP contribution in [0.3, 0.4) is 0 Å². The molecule has 0 saturated carbocycles. The highest BCUT2D eigenvalue weighted by atomic mass is 79.9. The lowest BCUT2D eigenvalue weighted by atomic mass is 9.93. The number of hydrogen-bond acceptors (Lipinski definition) is 4. The summed E-state index contributed by atoms with van der Waals surface area (Å²) in [5.41, 5.74) is 2.63. The second kappa shape index (κ2) is 13.9. The number of anilines is 2. The van der Waals surface area contributed by atoms with E-state index in [9.17, 15) is 32.7 Å². The molecule has 1 aliphatic carbocycles. The minimum absolute atomic E-state index is 0.0240. The molecule has 0 heterocycles. The van der Waals surface area contributed by atoms with Gasteiger partial charge >= 0.3 is 18.2 Å². The largest absolute Gasteiger partial charge is 0.479 e. The number of halogens is 4. The van der Waals surface area contributed by atoms with Crippen LogP contribution in [0.25, 0.3) is 5.57 Å². The number of allylic oxidation sites excluding steroid dienone is 2. The zero-order valence-electron chi connectivity index (χ0n) is 22.8. The molecule has 8 nitrogen and oxygen atoms in total. The molecular weight excluding hydrogens is 631 g/mol. The molecule has 1 atom stereocenters. The van der Waals surface area contributed by atoms with Crippen LogP contribution in [0, 0.1) is 0 Å². The van der Waals surface area contributed by atoms with Crippen LogP contribution in [0.15, 0.2) is 77.3 Å². The van der Waals surface area contributed by atoms with E-state index in [1.54, 1.807) is 24.3 Å². The number of carboxylic acids is 1. The third kappa shape index (κ3) is 8.45. The van der Waals surface area contributed by atoms with Crippen molar-refractivity contribution in [2.75, 3.05) is 16.8 Å². The zero-order chi connectivity index (χ0) is 31.1. The van der Waals surface area contributed by atoms with Crippen LogP contribution in [0.5, 0.6) is 0 Å². The number of carbonyl (C=O) groups is 3. The average Bonchev–Trinajstić information content (AvgIpc) is 2.99. The predicted molar refractivity (Wildman–Crippen MR) is 160 cm³/mol. The summed E-state index contributed by atoms with van der Waals surface area (Å²) in [4.78, 5) is 38.0. The third-order valence-corrected chi connectivity index (χ3v) is 7.60. The highest BCUT2D eigenvalue weighted by molar-refractivity contribution is 9.10. The quantitative estimate of drug-likeness (QED) is 0.201. The fraction of sp³-hybridized carbons (Fsp3) is 0.258. The smallest absolute Gasteiger partial charge is 0.417 e. The van der Waals surface area contributed by atoms with Crippen LogP contribution in [0.4, 0.5) is 29.3 Å². The van der Waals surface area contributed by atoms with Crippen LogP contribution in [-0.4, -0.2) is 40.8 Å². The molecule has 0 fully saturated rings. The van der Waals surface area contributed by atoms with Crippen LogP contribution in [0.1, 0.15) is 52.7 Å². The molecule has 4 rings (SSSR count). The predicted octanol–water partition coefficient (Wildman–Crippen LogP) is 6.84. The molecule has 43 heavy (non-hydrogen) atoms. The molecule has 4 N–H and O–H groups in total. The first-order valence-electron chi connectivity index (χ1n) is 13.4. The van der Waals surface area contributed by atoms with Crippen molar-refractivity contribution >= 4 is 50.8 Å². The minimum atomic E-state index is -4.62. The first-order valence-corrected chi connectivity index (χ1v) is 14.2. The Morgan fingerprint density at radius 1 is 0.977 bits per heavy atom.